The SMILES string of the molecule is CC(CCC(COc1ccc(-c2c3/c(=C(\C#N)c4cnc5cc(Cl)c(Cl)cc5n4)n(Bc4ccccc4)c(-c4ccc(OCC(CCC(C)CC(C)(C)C)C(C)CC(C)(C)C)cc4)c3/c(=C(\C#N)c3cnc4cc(Cl)c(Cl)cc4n3)n2Bc2ccccc2)cc1)C(C)CC(C)(C)C)CC(C)(C)C. The smallest absolute Gasteiger partial charge is 0.275 e. The molecule has 0 aliphatic rings. The maximum Gasteiger partial charge on any atom is 0.275 e. The first-order valence-corrected chi connectivity index (χ1v) is 37.9. The normalized spacial score (nSPS) is 14.7. The minimum Gasteiger partial charge on any atom is -0.493 e. The van der Waals surface area contributed by atoms with Gasteiger partial charge in [0.25, 0.3) is 14.8 Å². The number of hydrogen-bond acceptors (Lipinski definition) is 8. The van der Waals surface area contributed by atoms with Gasteiger partial charge in [-0.3, -0.25) is 9.97 Å². The standard InChI is InChI=1S/C86H100B2Cl4N8O2/c1-53(43-83(5,6)7)27-29-59(55(3)45-85(11,12)13)51-101-63-35-31-57(32-36-63)79-77-78(82(99(79)87-61-23-19-17-20-24-61)66(48-94)76-50-96-72-40-68(90)70(92)42-74(72)98-76)80(58-33-37-64(38-34-58)102-52-60(56(4)46-86(14,15)16)30-28-54(2)44-84(8,9)10)100(88-62-25-21-18-22-26-62)81(77)65(47-93)75-49-95-71-39-67(89)69(91)41-73(71)97-75/h17-26,31-42,49-50,53-56,59-60,87-88H,27-30,43-46,51-52H2,1-16H3/b81-65-,82-66-. The fraction of sp³-hybridized carbons (Fsp3) is 0.419. The van der Waals surface area contributed by atoms with Crippen LogP contribution in [0.25, 0.3) is 66.5 Å². The predicted molar refractivity (Wildman–Crippen MR) is 432 cm³/mol. The Kier molecular flexibility index (Phi) is 24.6. The number of rotatable bonds is 26. The first-order chi connectivity index (χ1) is 48.2. The molecule has 4 heterocycles. The third-order valence-electron chi connectivity index (χ3n) is 19.7. The van der Waals surface area contributed by atoms with Gasteiger partial charge in [0.1, 0.15) is 46.2 Å². The molecule has 10 aromatic rings. The molecule has 0 saturated carbocycles. The maximum absolute atomic E-state index is 12.3. The second-order valence-corrected chi connectivity index (χ2v) is 35.5. The van der Waals surface area contributed by atoms with Crippen molar-refractivity contribution in [3.8, 4) is 46.2 Å². The lowest BCUT2D eigenvalue weighted by Gasteiger charge is -2.31. The van der Waals surface area contributed by atoms with Gasteiger partial charge in [0.2, 0.25) is 0 Å². The fourth-order valence-corrected chi connectivity index (χ4v) is 16.2. The molecular formula is C86H100B2Cl4N8O2. The highest BCUT2D eigenvalue weighted by molar-refractivity contribution is 6.54. The number of nitriles is 2. The van der Waals surface area contributed by atoms with Crippen molar-refractivity contribution < 1.29 is 9.47 Å². The van der Waals surface area contributed by atoms with E-state index >= 15 is 0 Å². The fourth-order valence-electron chi connectivity index (χ4n) is 15.6. The summed E-state index contributed by atoms with van der Waals surface area (Å²) in [5.74, 6) is 4.16. The number of ether oxygens (including phenoxy) is 2. The van der Waals surface area contributed by atoms with Crippen LogP contribution in [0, 0.1) is 79.8 Å². The summed E-state index contributed by atoms with van der Waals surface area (Å²) in [7, 11) is 0.580. The molecule has 10 rings (SSSR count). The zero-order chi connectivity index (χ0) is 73.6. The van der Waals surface area contributed by atoms with E-state index < -0.39 is 0 Å². The molecule has 0 N–H and O–H groups in total. The average Bonchev–Trinajstić information content (AvgIpc) is 1.52. The zero-order valence-electron chi connectivity index (χ0n) is 62.7. The predicted octanol–water partition coefficient (Wildman–Crippen LogP) is 20.6. The monoisotopic (exact) mass is 1440 g/mol. The molecular weight excluding hydrogens is 1340 g/mol. The van der Waals surface area contributed by atoms with E-state index in [1.807, 2.05) is 36.4 Å². The van der Waals surface area contributed by atoms with Gasteiger partial charge in [-0.25, -0.2) is 9.97 Å². The molecule has 102 heavy (non-hydrogen) atoms. The summed E-state index contributed by atoms with van der Waals surface area (Å²) in [5.41, 5.74) is 8.88. The summed E-state index contributed by atoms with van der Waals surface area (Å²) in [6, 6.07) is 49.3. The Morgan fingerprint density at radius 3 is 1.08 bits per heavy atom. The van der Waals surface area contributed by atoms with E-state index in [4.69, 9.17) is 75.8 Å². The van der Waals surface area contributed by atoms with Crippen LogP contribution >= 0.6 is 46.4 Å². The number of halogens is 4. The third kappa shape index (κ3) is 19.6. The van der Waals surface area contributed by atoms with Gasteiger partial charge in [-0.05, 0) is 180 Å². The van der Waals surface area contributed by atoms with Crippen molar-refractivity contribution in [2.45, 2.75) is 162 Å². The van der Waals surface area contributed by atoms with E-state index in [2.05, 4.69) is 205 Å². The van der Waals surface area contributed by atoms with Crippen molar-refractivity contribution in [3.05, 3.63) is 188 Å². The summed E-state index contributed by atoms with van der Waals surface area (Å²) < 4.78 is 18.4. The first kappa shape index (κ1) is 77.1. The van der Waals surface area contributed by atoms with Crippen LogP contribution in [-0.4, -0.2) is 56.9 Å². The van der Waals surface area contributed by atoms with Crippen LogP contribution in [0.4, 0.5) is 0 Å². The molecule has 0 spiro atoms. The van der Waals surface area contributed by atoms with Crippen LogP contribution in [0.1, 0.15) is 174 Å². The van der Waals surface area contributed by atoms with E-state index in [0.717, 1.165) is 96.3 Å². The number of nitrogens with zero attached hydrogens (tertiary/aromatic N) is 8. The maximum atomic E-state index is 12.3. The van der Waals surface area contributed by atoms with Crippen LogP contribution in [0.5, 0.6) is 11.5 Å². The molecule has 6 atom stereocenters. The minimum absolute atomic E-state index is 0.155. The molecule has 0 saturated heterocycles. The highest BCUT2D eigenvalue weighted by atomic mass is 35.5. The van der Waals surface area contributed by atoms with Crippen LogP contribution in [-0.2, 0) is 0 Å². The van der Waals surface area contributed by atoms with Crippen LogP contribution in [0.2, 0.25) is 20.1 Å². The van der Waals surface area contributed by atoms with Crippen molar-refractivity contribution in [2.75, 3.05) is 13.2 Å². The Hall–Kier alpha value is -7.57. The van der Waals surface area contributed by atoms with Gasteiger partial charge < -0.3 is 18.4 Å². The summed E-state index contributed by atoms with van der Waals surface area (Å²) in [6.45, 7) is 38.7. The van der Waals surface area contributed by atoms with E-state index in [-0.39, 0.29) is 47.6 Å². The van der Waals surface area contributed by atoms with Crippen molar-refractivity contribution in [1.82, 2.24) is 28.9 Å². The van der Waals surface area contributed by atoms with Crippen molar-refractivity contribution in [3.63, 3.8) is 0 Å². The van der Waals surface area contributed by atoms with Crippen LogP contribution in [0.3, 0.4) is 0 Å². The van der Waals surface area contributed by atoms with Crippen molar-refractivity contribution in [2.24, 2.45) is 57.2 Å². The molecule has 4 aromatic heterocycles. The lowest BCUT2D eigenvalue weighted by Crippen LogP contribution is -2.35. The third-order valence-corrected chi connectivity index (χ3v) is 21.1. The molecule has 6 unspecified atom stereocenters. The number of benzene rings is 6. The van der Waals surface area contributed by atoms with Gasteiger partial charge in [0, 0.05) is 22.2 Å². The highest BCUT2D eigenvalue weighted by Crippen LogP contribution is 2.41. The first-order valence-electron chi connectivity index (χ1n) is 36.4. The Balaban J connectivity index is 1.28. The number of hydrogen-bond donors (Lipinski definition) is 0. The quantitative estimate of drug-likeness (QED) is 0.0491. The number of fused-ring (bicyclic) bond motifs is 3. The molecule has 0 fully saturated rings. The van der Waals surface area contributed by atoms with Gasteiger partial charge in [-0.2, -0.15) is 10.5 Å². The Morgan fingerprint density at radius 2 is 0.765 bits per heavy atom. The molecule has 0 amide bonds. The van der Waals surface area contributed by atoms with Crippen LogP contribution < -0.4 is 31.1 Å². The summed E-state index contributed by atoms with van der Waals surface area (Å²) in [5, 5.41) is 28.3. The van der Waals surface area contributed by atoms with Gasteiger partial charge in [-0.1, -0.05) is 242 Å². The second-order valence-electron chi connectivity index (χ2n) is 33.9. The topological polar surface area (TPSA) is 127 Å². The minimum atomic E-state index is 0.155. The van der Waals surface area contributed by atoms with E-state index in [1.54, 1.807) is 36.7 Å². The van der Waals surface area contributed by atoms with Gasteiger partial charge in [0.15, 0.2) is 0 Å². The average molecular weight is 1440 g/mol. The van der Waals surface area contributed by atoms with Gasteiger partial charge in [-0.15, -0.1) is 0 Å². The molecule has 10 nitrogen and oxygen atoms in total. The Labute approximate surface area is 627 Å². The summed E-state index contributed by atoms with van der Waals surface area (Å²) in [6.07, 6.45) is 12.1. The van der Waals surface area contributed by atoms with Crippen LogP contribution in [0.15, 0.2) is 146 Å². The number of aromatic nitrogens is 6. The van der Waals surface area contributed by atoms with Gasteiger partial charge in [0.05, 0.1) is 78.5 Å². The highest BCUT2D eigenvalue weighted by Gasteiger charge is 2.32. The van der Waals surface area contributed by atoms with Crippen molar-refractivity contribution >= 4 is 116 Å². The molecule has 6 aromatic carbocycles. The molecule has 0 aliphatic carbocycles. The lowest BCUT2D eigenvalue weighted by molar-refractivity contribution is 0.147. The van der Waals surface area contributed by atoms with E-state index in [9.17, 15) is 10.5 Å². The molecule has 0 aliphatic heterocycles. The van der Waals surface area contributed by atoms with E-state index in [0.29, 0.717) is 124 Å². The van der Waals surface area contributed by atoms with E-state index in [1.165, 1.54) is 0 Å². The second kappa shape index (κ2) is 32.6. The van der Waals surface area contributed by atoms with Gasteiger partial charge >= 0.3 is 0 Å². The molecule has 0 radical (unpaired) electrons. The Morgan fingerprint density at radius 1 is 0.441 bits per heavy atom. The van der Waals surface area contributed by atoms with Crippen molar-refractivity contribution in [1.29, 1.82) is 10.5 Å². The summed E-state index contributed by atoms with van der Waals surface area (Å²) in [4.78, 5) is 20.3. The Bertz CT molecular complexity index is 4500. The molecule has 0 bridgehead atoms. The summed E-state index contributed by atoms with van der Waals surface area (Å²) >= 11 is 26.8. The molecule has 530 valence electrons. The lowest BCUT2D eigenvalue weighted by atomic mass is 9.76. The largest absolute Gasteiger partial charge is 0.493 e. The molecule has 16 heteroatoms. The zero-order valence-corrected chi connectivity index (χ0v) is 65.7.